The Kier molecular flexibility index (Phi) is 3.94. The Bertz CT molecular complexity index is 874. The second-order valence-electron chi connectivity index (χ2n) is 6.47. The zero-order valence-corrected chi connectivity index (χ0v) is 13.8. The molecule has 0 saturated heterocycles. The molecule has 0 bridgehead atoms. The lowest BCUT2D eigenvalue weighted by molar-refractivity contribution is -0.137. The number of nitrogens with one attached hydrogen (secondary N) is 1. The van der Waals surface area contributed by atoms with Gasteiger partial charge in [0.1, 0.15) is 0 Å². The van der Waals surface area contributed by atoms with Gasteiger partial charge in [0.15, 0.2) is 0 Å². The lowest BCUT2D eigenvalue weighted by atomic mass is 9.83. The molecule has 2 aromatic carbocycles. The topological polar surface area (TPSA) is 44.7 Å². The second kappa shape index (κ2) is 6.16. The van der Waals surface area contributed by atoms with E-state index in [1.54, 1.807) is 0 Å². The Balaban J connectivity index is 1.49. The number of carbonyl (C=O) groups is 1. The summed E-state index contributed by atoms with van der Waals surface area (Å²) in [6.45, 7) is 0.482. The minimum atomic E-state index is -4.40. The first-order valence-corrected chi connectivity index (χ1v) is 8.34. The molecule has 1 atom stereocenters. The number of carbonyl (C=O) groups excluding carboxylic acids is 1. The van der Waals surface area contributed by atoms with Crippen molar-refractivity contribution in [3.63, 3.8) is 0 Å². The third kappa shape index (κ3) is 3.05. The molecule has 1 aliphatic carbocycles. The number of benzene rings is 2. The Labute approximate surface area is 148 Å². The molecule has 1 aliphatic heterocycles. The van der Waals surface area contributed by atoms with Gasteiger partial charge >= 0.3 is 12.2 Å². The zero-order chi connectivity index (χ0) is 18.3. The number of aryl methyl sites for hydroxylation is 1. The van der Waals surface area contributed by atoms with Crippen molar-refractivity contribution in [2.24, 2.45) is 11.0 Å². The number of hydrazone groups is 1. The fraction of sp³-hybridized carbons (Fsp3) is 0.263. The number of urea groups is 1. The quantitative estimate of drug-likeness (QED) is 0.799. The van der Waals surface area contributed by atoms with E-state index >= 15 is 0 Å². The summed E-state index contributed by atoms with van der Waals surface area (Å²) in [6, 6.07) is 12.0. The lowest BCUT2D eigenvalue weighted by Gasteiger charge is -2.21. The van der Waals surface area contributed by atoms with Crippen molar-refractivity contribution in [1.82, 2.24) is 5.01 Å². The van der Waals surface area contributed by atoms with Gasteiger partial charge < -0.3 is 5.32 Å². The van der Waals surface area contributed by atoms with Crippen molar-refractivity contribution in [2.75, 3.05) is 11.9 Å². The van der Waals surface area contributed by atoms with Crippen molar-refractivity contribution >= 4 is 17.4 Å². The monoisotopic (exact) mass is 359 g/mol. The first-order chi connectivity index (χ1) is 12.4. The van der Waals surface area contributed by atoms with E-state index < -0.39 is 17.8 Å². The normalized spacial score (nSPS) is 18.8. The van der Waals surface area contributed by atoms with Gasteiger partial charge in [0.05, 0.1) is 17.8 Å². The Morgan fingerprint density at radius 2 is 1.85 bits per heavy atom. The van der Waals surface area contributed by atoms with Crippen LogP contribution in [0.1, 0.15) is 23.1 Å². The van der Waals surface area contributed by atoms with Crippen LogP contribution in [0.15, 0.2) is 53.6 Å². The van der Waals surface area contributed by atoms with Gasteiger partial charge in [-0.25, -0.2) is 9.80 Å². The fourth-order valence-electron chi connectivity index (χ4n) is 3.43. The molecule has 26 heavy (non-hydrogen) atoms. The van der Waals surface area contributed by atoms with Gasteiger partial charge in [-0.1, -0.05) is 24.3 Å². The molecule has 0 aromatic heterocycles. The minimum absolute atomic E-state index is 0.197. The summed E-state index contributed by atoms with van der Waals surface area (Å²) in [5.41, 5.74) is 2.77. The zero-order valence-electron chi connectivity index (χ0n) is 13.8. The average Bonchev–Trinajstić information content (AvgIpc) is 3.06. The summed E-state index contributed by atoms with van der Waals surface area (Å²) < 4.78 is 37.8. The maximum atomic E-state index is 12.6. The molecule has 1 unspecified atom stereocenters. The number of nitrogens with zero attached hydrogens (tertiary/aromatic N) is 2. The van der Waals surface area contributed by atoms with Gasteiger partial charge in [-0.05, 0) is 42.7 Å². The summed E-state index contributed by atoms with van der Waals surface area (Å²) in [5.74, 6) is 0.197. The highest BCUT2D eigenvalue weighted by Gasteiger charge is 2.34. The predicted octanol–water partition coefficient (Wildman–Crippen LogP) is 4.52. The molecular weight excluding hydrogens is 343 g/mol. The number of fused-ring (bicyclic) bond motifs is 3. The number of hydrogen-bond acceptors (Lipinski definition) is 2. The van der Waals surface area contributed by atoms with E-state index in [9.17, 15) is 18.0 Å². The van der Waals surface area contributed by atoms with Gasteiger partial charge in [-0.3, -0.25) is 0 Å². The lowest BCUT2D eigenvalue weighted by Crippen LogP contribution is -2.31. The van der Waals surface area contributed by atoms with E-state index in [0.29, 0.717) is 12.2 Å². The number of rotatable bonds is 1. The van der Waals surface area contributed by atoms with Crippen LogP contribution < -0.4 is 5.32 Å². The van der Waals surface area contributed by atoms with Crippen LogP contribution in [-0.4, -0.2) is 23.3 Å². The van der Waals surface area contributed by atoms with E-state index in [4.69, 9.17) is 0 Å². The Morgan fingerprint density at radius 3 is 2.58 bits per heavy atom. The summed E-state index contributed by atoms with van der Waals surface area (Å²) in [7, 11) is 0. The molecule has 4 nitrogen and oxygen atoms in total. The molecule has 134 valence electrons. The van der Waals surface area contributed by atoms with Crippen LogP contribution >= 0.6 is 0 Å². The maximum Gasteiger partial charge on any atom is 0.416 e. The summed E-state index contributed by atoms with van der Waals surface area (Å²) in [6.07, 6.45) is -2.51. The van der Waals surface area contributed by atoms with Crippen LogP contribution in [0, 0.1) is 5.92 Å². The first-order valence-electron chi connectivity index (χ1n) is 8.34. The van der Waals surface area contributed by atoms with Crippen molar-refractivity contribution in [1.29, 1.82) is 0 Å². The molecule has 0 spiro atoms. The molecular formula is C19H16F3N3O. The molecule has 0 radical (unpaired) electrons. The standard InChI is InChI=1S/C19H16F3N3O/c20-19(21,22)14-7-9-15(10-8-14)23-18(26)25-11-13-6-5-12-3-1-2-4-16(12)17(13)24-25/h1-4,7-10,13H,5-6,11H2,(H,23,26). The van der Waals surface area contributed by atoms with E-state index in [2.05, 4.69) is 16.5 Å². The van der Waals surface area contributed by atoms with Gasteiger partial charge in [0.2, 0.25) is 0 Å². The summed E-state index contributed by atoms with van der Waals surface area (Å²) in [5, 5.41) is 8.43. The largest absolute Gasteiger partial charge is 0.416 e. The van der Waals surface area contributed by atoms with Crippen molar-refractivity contribution in [2.45, 2.75) is 19.0 Å². The van der Waals surface area contributed by atoms with Crippen molar-refractivity contribution < 1.29 is 18.0 Å². The van der Waals surface area contributed by atoms with Crippen LogP contribution in [0.3, 0.4) is 0 Å². The van der Waals surface area contributed by atoms with Crippen molar-refractivity contribution in [3.05, 3.63) is 65.2 Å². The molecule has 0 saturated carbocycles. The van der Waals surface area contributed by atoms with Gasteiger partial charge in [-0.2, -0.15) is 18.3 Å². The summed E-state index contributed by atoms with van der Waals surface area (Å²) in [4.78, 5) is 12.4. The highest BCUT2D eigenvalue weighted by molar-refractivity contribution is 6.06. The van der Waals surface area contributed by atoms with Gasteiger partial charge in [-0.15, -0.1) is 0 Å². The molecule has 2 aliphatic rings. The molecule has 4 rings (SSSR count). The number of hydrogen-bond donors (Lipinski definition) is 1. The summed E-state index contributed by atoms with van der Waals surface area (Å²) >= 11 is 0. The molecule has 0 fully saturated rings. The van der Waals surface area contributed by atoms with Crippen LogP contribution in [0.5, 0.6) is 0 Å². The fourth-order valence-corrected chi connectivity index (χ4v) is 3.43. The number of halogens is 3. The predicted molar refractivity (Wildman–Crippen MR) is 92.0 cm³/mol. The van der Waals surface area contributed by atoms with Crippen LogP contribution in [0.2, 0.25) is 0 Å². The average molecular weight is 359 g/mol. The molecule has 7 heteroatoms. The molecule has 2 aromatic rings. The minimum Gasteiger partial charge on any atom is -0.306 e. The van der Waals surface area contributed by atoms with E-state index in [-0.39, 0.29) is 5.92 Å². The van der Waals surface area contributed by atoms with Gasteiger partial charge in [0.25, 0.3) is 0 Å². The SMILES string of the molecule is O=C(Nc1ccc(C(F)(F)F)cc1)N1CC2CCc3ccccc3C2=N1. The van der Waals surface area contributed by atoms with E-state index in [0.717, 1.165) is 36.2 Å². The Morgan fingerprint density at radius 1 is 1.12 bits per heavy atom. The third-order valence-corrected chi connectivity index (χ3v) is 4.76. The van der Waals surface area contributed by atoms with Crippen molar-refractivity contribution in [3.8, 4) is 0 Å². The van der Waals surface area contributed by atoms with Crippen LogP contribution in [0.4, 0.5) is 23.7 Å². The van der Waals surface area contributed by atoms with Gasteiger partial charge in [0, 0.05) is 17.2 Å². The smallest absolute Gasteiger partial charge is 0.306 e. The highest BCUT2D eigenvalue weighted by atomic mass is 19.4. The van der Waals surface area contributed by atoms with Crippen LogP contribution in [0.25, 0.3) is 0 Å². The maximum absolute atomic E-state index is 12.6. The second-order valence-corrected chi connectivity index (χ2v) is 6.47. The van der Waals surface area contributed by atoms with Crippen LogP contribution in [-0.2, 0) is 12.6 Å². The third-order valence-electron chi connectivity index (χ3n) is 4.76. The van der Waals surface area contributed by atoms with E-state index in [1.165, 1.54) is 22.7 Å². The highest BCUT2D eigenvalue weighted by Crippen LogP contribution is 2.32. The Hall–Kier alpha value is -2.83. The number of alkyl halides is 3. The molecule has 1 N–H and O–H groups in total. The molecule has 1 heterocycles. The number of amides is 2. The number of anilines is 1. The first kappa shape index (κ1) is 16.6. The molecule has 2 amide bonds. The van der Waals surface area contributed by atoms with E-state index in [1.807, 2.05) is 18.2 Å².